The highest BCUT2D eigenvalue weighted by Gasteiger charge is 2.28. The summed E-state index contributed by atoms with van der Waals surface area (Å²) >= 11 is 5.98. The van der Waals surface area contributed by atoms with Gasteiger partial charge in [0, 0.05) is 30.4 Å². The van der Waals surface area contributed by atoms with E-state index in [1.165, 1.54) is 0 Å². The molecule has 0 saturated carbocycles. The molecule has 1 aromatic heterocycles. The molecular formula is C17H18ClN3O3. The number of amides is 2. The van der Waals surface area contributed by atoms with Gasteiger partial charge in [-0.25, -0.2) is 4.79 Å². The molecule has 1 fully saturated rings. The number of hydrogen-bond donors (Lipinski definition) is 1. The van der Waals surface area contributed by atoms with Gasteiger partial charge in [-0.15, -0.1) is 0 Å². The Kier molecular flexibility index (Phi) is 5.05. The standard InChI is InChI=1S/C17H18ClN3O3/c1-23-16-3-2-12(18)10-15(16)20-17(22)21-9-6-14(11-21)24-13-4-7-19-8-5-13/h2-5,7-8,10,14H,6,9,11H2,1H3,(H,20,22)/t14-/m0/s1. The lowest BCUT2D eigenvalue weighted by molar-refractivity contribution is 0.194. The summed E-state index contributed by atoms with van der Waals surface area (Å²) in [6.45, 7) is 1.15. The number of likely N-dealkylation sites (tertiary alicyclic amines) is 1. The van der Waals surface area contributed by atoms with Crippen LogP contribution in [0.5, 0.6) is 11.5 Å². The number of anilines is 1. The molecule has 24 heavy (non-hydrogen) atoms. The molecule has 1 aromatic carbocycles. The molecule has 1 N–H and O–H groups in total. The zero-order chi connectivity index (χ0) is 16.9. The van der Waals surface area contributed by atoms with E-state index in [9.17, 15) is 4.79 Å². The van der Waals surface area contributed by atoms with Gasteiger partial charge in [0.1, 0.15) is 17.6 Å². The largest absolute Gasteiger partial charge is 0.495 e. The van der Waals surface area contributed by atoms with Crippen molar-refractivity contribution in [3.63, 3.8) is 0 Å². The minimum atomic E-state index is -0.198. The number of carbonyl (C=O) groups excluding carboxylic acids is 1. The minimum absolute atomic E-state index is 0.0283. The van der Waals surface area contributed by atoms with Crippen LogP contribution in [0.2, 0.25) is 5.02 Å². The van der Waals surface area contributed by atoms with E-state index >= 15 is 0 Å². The van der Waals surface area contributed by atoms with Crippen molar-refractivity contribution in [1.82, 2.24) is 9.88 Å². The van der Waals surface area contributed by atoms with Gasteiger partial charge in [-0.2, -0.15) is 0 Å². The second-order valence-electron chi connectivity index (χ2n) is 5.43. The van der Waals surface area contributed by atoms with Crippen LogP contribution >= 0.6 is 11.6 Å². The Hall–Kier alpha value is -2.47. The fraction of sp³-hybridized carbons (Fsp3) is 0.294. The SMILES string of the molecule is COc1ccc(Cl)cc1NC(=O)N1CC[C@H](Oc2ccncc2)C1. The number of ether oxygens (including phenoxy) is 2. The normalized spacial score (nSPS) is 16.8. The van der Waals surface area contributed by atoms with Crippen LogP contribution in [0, 0.1) is 0 Å². The number of nitrogens with zero attached hydrogens (tertiary/aromatic N) is 2. The first kappa shape index (κ1) is 16.4. The molecule has 3 rings (SSSR count). The highest BCUT2D eigenvalue weighted by molar-refractivity contribution is 6.31. The number of hydrogen-bond acceptors (Lipinski definition) is 4. The molecule has 2 heterocycles. The zero-order valence-electron chi connectivity index (χ0n) is 13.2. The molecular weight excluding hydrogens is 330 g/mol. The third kappa shape index (κ3) is 3.89. The summed E-state index contributed by atoms with van der Waals surface area (Å²) in [5.74, 6) is 1.32. The van der Waals surface area contributed by atoms with E-state index in [2.05, 4.69) is 10.3 Å². The van der Waals surface area contributed by atoms with E-state index in [0.29, 0.717) is 29.5 Å². The van der Waals surface area contributed by atoms with Gasteiger partial charge < -0.3 is 19.7 Å². The first-order valence-corrected chi connectivity index (χ1v) is 7.99. The molecule has 0 spiro atoms. The van der Waals surface area contributed by atoms with Gasteiger partial charge in [0.25, 0.3) is 0 Å². The Bertz CT molecular complexity index is 711. The highest BCUT2D eigenvalue weighted by Crippen LogP contribution is 2.28. The van der Waals surface area contributed by atoms with Crippen molar-refractivity contribution in [2.75, 3.05) is 25.5 Å². The lowest BCUT2D eigenvalue weighted by Gasteiger charge is -2.19. The minimum Gasteiger partial charge on any atom is -0.495 e. The van der Waals surface area contributed by atoms with Crippen LogP contribution in [0.4, 0.5) is 10.5 Å². The summed E-state index contributed by atoms with van der Waals surface area (Å²) in [4.78, 5) is 18.1. The molecule has 1 aliphatic heterocycles. The summed E-state index contributed by atoms with van der Waals surface area (Å²) in [6.07, 6.45) is 4.11. The van der Waals surface area contributed by atoms with Crippen LogP contribution in [0.1, 0.15) is 6.42 Å². The fourth-order valence-corrected chi connectivity index (χ4v) is 2.76. The summed E-state index contributed by atoms with van der Waals surface area (Å²) < 4.78 is 11.1. The number of methoxy groups -OCH3 is 1. The van der Waals surface area contributed by atoms with Gasteiger partial charge in [-0.1, -0.05) is 11.6 Å². The Morgan fingerprint density at radius 3 is 2.88 bits per heavy atom. The number of aromatic nitrogens is 1. The lowest BCUT2D eigenvalue weighted by atomic mass is 10.3. The van der Waals surface area contributed by atoms with E-state index in [0.717, 1.165) is 12.2 Å². The number of benzene rings is 1. The molecule has 6 nitrogen and oxygen atoms in total. The molecule has 0 bridgehead atoms. The number of urea groups is 1. The molecule has 0 aliphatic carbocycles. The molecule has 7 heteroatoms. The first-order valence-electron chi connectivity index (χ1n) is 7.62. The monoisotopic (exact) mass is 347 g/mol. The van der Waals surface area contributed by atoms with E-state index in [-0.39, 0.29) is 12.1 Å². The van der Waals surface area contributed by atoms with Crippen LogP contribution in [0.3, 0.4) is 0 Å². The molecule has 2 aromatic rings. The topological polar surface area (TPSA) is 63.7 Å². The highest BCUT2D eigenvalue weighted by atomic mass is 35.5. The third-order valence-electron chi connectivity index (χ3n) is 3.79. The second-order valence-corrected chi connectivity index (χ2v) is 5.87. The lowest BCUT2D eigenvalue weighted by Crippen LogP contribution is -2.34. The van der Waals surface area contributed by atoms with E-state index in [4.69, 9.17) is 21.1 Å². The maximum Gasteiger partial charge on any atom is 0.322 e. The number of pyridine rings is 1. The van der Waals surface area contributed by atoms with Crippen molar-refractivity contribution >= 4 is 23.3 Å². The first-order chi connectivity index (χ1) is 11.7. The quantitative estimate of drug-likeness (QED) is 0.920. The van der Waals surface area contributed by atoms with Crippen LogP contribution in [-0.4, -0.2) is 42.2 Å². The van der Waals surface area contributed by atoms with Gasteiger partial charge >= 0.3 is 6.03 Å². The van der Waals surface area contributed by atoms with E-state index < -0.39 is 0 Å². The van der Waals surface area contributed by atoms with Crippen molar-refractivity contribution in [2.45, 2.75) is 12.5 Å². The maximum absolute atomic E-state index is 12.4. The molecule has 126 valence electrons. The van der Waals surface area contributed by atoms with Crippen molar-refractivity contribution < 1.29 is 14.3 Å². The van der Waals surface area contributed by atoms with Crippen molar-refractivity contribution in [2.24, 2.45) is 0 Å². The van der Waals surface area contributed by atoms with E-state index in [1.54, 1.807) is 54.7 Å². The second kappa shape index (κ2) is 7.40. The van der Waals surface area contributed by atoms with Crippen LogP contribution in [-0.2, 0) is 0 Å². The number of halogens is 1. The summed E-state index contributed by atoms with van der Waals surface area (Å²) in [6, 6.07) is 8.51. The van der Waals surface area contributed by atoms with Gasteiger partial charge in [-0.3, -0.25) is 4.98 Å². The fourth-order valence-electron chi connectivity index (χ4n) is 2.59. The predicted molar refractivity (Wildman–Crippen MR) is 91.9 cm³/mol. The number of rotatable bonds is 4. The molecule has 1 saturated heterocycles. The van der Waals surface area contributed by atoms with Gasteiger partial charge in [-0.05, 0) is 30.3 Å². The van der Waals surface area contributed by atoms with Crippen molar-refractivity contribution in [3.8, 4) is 11.5 Å². The summed E-state index contributed by atoms with van der Waals surface area (Å²) in [7, 11) is 1.55. The smallest absolute Gasteiger partial charge is 0.322 e. The van der Waals surface area contributed by atoms with Crippen molar-refractivity contribution in [1.29, 1.82) is 0 Å². The van der Waals surface area contributed by atoms with Crippen LogP contribution < -0.4 is 14.8 Å². The molecule has 0 radical (unpaired) electrons. The molecule has 0 unspecified atom stereocenters. The number of carbonyl (C=O) groups is 1. The molecule has 1 aliphatic rings. The van der Waals surface area contributed by atoms with Crippen LogP contribution in [0.25, 0.3) is 0 Å². The van der Waals surface area contributed by atoms with Gasteiger partial charge in [0.2, 0.25) is 0 Å². The molecule has 1 atom stereocenters. The average molecular weight is 348 g/mol. The third-order valence-corrected chi connectivity index (χ3v) is 4.02. The Morgan fingerprint density at radius 2 is 2.12 bits per heavy atom. The van der Waals surface area contributed by atoms with Gasteiger partial charge in [0.05, 0.1) is 19.3 Å². The Morgan fingerprint density at radius 1 is 1.33 bits per heavy atom. The predicted octanol–water partition coefficient (Wildman–Crippen LogP) is 3.43. The summed E-state index contributed by atoms with van der Waals surface area (Å²) in [5.41, 5.74) is 0.550. The van der Waals surface area contributed by atoms with E-state index in [1.807, 2.05) is 0 Å². The number of nitrogens with one attached hydrogen (secondary N) is 1. The zero-order valence-corrected chi connectivity index (χ0v) is 14.0. The summed E-state index contributed by atoms with van der Waals surface area (Å²) in [5, 5.41) is 3.37. The van der Waals surface area contributed by atoms with Gasteiger partial charge in [0.15, 0.2) is 0 Å². The Labute approximate surface area is 145 Å². The average Bonchev–Trinajstić information content (AvgIpc) is 3.05. The van der Waals surface area contributed by atoms with Crippen LogP contribution in [0.15, 0.2) is 42.7 Å². The maximum atomic E-state index is 12.4. The van der Waals surface area contributed by atoms with Crippen molar-refractivity contribution in [3.05, 3.63) is 47.7 Å². The Balaban J connectivity index is 1.60. The molecule has 2 amide bonds.